The van der Waals surface area contributed by atoms with Gasteiger partial charge in [0.05, 0.1) is 5.75 Å². The number of likely N-dealkylation sites (tertiary alicyclic amines) is 1. The number of furan rings is 1. The van der Waals surface area contributed by atoms with Gasteiger partial charge < -0.3 is 19.7 Å². The number of piperidine rings is 1. The molecule has 7 heteroatoms. The smallest absolute Gasteiger partial charge is 0.287 e. The molecule has 2 N–H and O–H groups in total. The number of rotatable bonds is 6. The van der Waals surface area contributed by atoms with Crippen LogP contribution in [-0.4, -0.2) is 53.8 Å². The van der Waals surface area contributed by atoms with Crippen LogP contribution in [0.25, 0.3) is 0 Å². The van der Waals surface area contributed by atoms with Gasteiger partial charge in [-0.25, -0.2) is 0 Å². The highest BCUT2D eigenvalue weighted by Crippen LogP contribution is 2.29. The highest BCUT2D eigenvalue weighted by Gasteiger charge is 2.34. The van der Waals surface area contributed by atoms with Crippen LogP contribution in [0.2, 0.25) is 0 Å². The van der Waals surface area contributed by atoms with Crippen molar-refractivity contribution < 1.29 is 19.1 Å². The van der Waals surface area contributed by atoms with Crippen LogP contribution in [0.4, 0.5) is 0 Å². The lowest BCUT2D eigenvalue weighted by Crippen LogP contribution is -2.42. The first-order chi connectivity index (χ1) is 12.6. The molecule has 2 heterocycles. The summed E-state index contributed by atoms with van der Waals surface area (Å²) in [6, 6.07) is 3.58. The van der Waals surface area contributed by atoms with Crippen molar-refractivity contribution in [1.29, 1.82) is 0 Å². The van der Waals surface area contributed by atoms with Gasteiger partial charge in [-0.15, -0.1) is 0 Å². The molecule has 1 aliphatic heterocycles. The summed E-state index contributed by atoms with van der Waals surface area (Å²) in [4.78, 5) is 27.0. The van der Waals surface area contributed by atoms with Gasteiger partial charge in [-0.3, -0.25) is 9.59 Å². The monoisotopic (exact) mass is 380 g/mol. The third-order valence-corrected chi connectivity index (χ3v) is 6.05. The Hall–Kier alpha value is -1.47. The molecule has 6 nitrogen and oxygen atoms in total. The van der Waals surface area contributed by atoms with Gasteiger partial charge in [0, 0.05) is 31.7 Å². The number of thioether (sulfide) groups is 1. The highest BCUT2D eigenvalue weighted by molar-refractivity contribution is 7.97. The molecule has 1 aliphatic carbocycles. The molecule has 2 aliphatic rings. The van der Waals surface area contributed by atoms with Crippen LogP contribution >= 0.6 is 11.8 Å². The van der Waals surface area contributed by atoms with Crippen LogP contribution in [0, 0.1) is 11.8 Å². The SMILES string of the molecule is CSCc1ccc(C(=O)N[C@@H]2CC[C@H](C(=O)N3CCC(CO)CC3)C2)o1. The number of amides is 2. The number of carbonyl (C=O) groups excluding carboxylic acids is 2. The van der Waals surface area contributed by atoms with E-state index in [9.17, 15) is 14.7 Å². The van der Waals surface area contributed by atoms with Crippen molar-refractivity contribution in [3.05, 3.63) is 23.7 Å². The molecule has 26 heavy (non-hydrogen) atoms. The van der Waals surface area contributed by atoms with Gasteiger partial charge in [-0.1, -0.05) is 0 Å². The van der Waals surface area contributed by atoms with Crippen LogP contribution in [-0.2, 0) is 10.5 Å². The van der Waals surface area contributed by atoms with Crippen LogP contribution in [0.3, 0.4) is 0 Å². The molecule has 3 rings (SSSR count). The number of hydrogen-bond donors (Lipinski definition) is 2. The second-order valence-electron chi connectivity index (χ2n) is 7.33. The molecule has 0 aromatic carbocycles. The molecule has 0 bridgehead atoms. The third kappa shape index (κ3) is 4.62. The van der Waals surface area contributed by atoms with Crippen molar-refractivity contribution in [1.82, 2.24) is 10.2 Å². The van der Waals surface area contributed by atoms with E-state index in [2.05, 4.69) is 5.32 Å². The predicted octanol–water partition coefficient (Wildman–Crippen LogP) is 2.27. The fourth-order valence-corrected chi connectivity index (χ4v) is 4.35. The maximum atomic E-state index is 12.7. The lowest BCUT2D eigenvalue weighted by molar-refractivity contribution is -0.137. The molecular formula is C19H28N2O4S. The summed E-state index contributed by atoms with van der Waals surface area (Å²) in [5.74, 6) is 2.23. The molecule has 2 amide bonds. The lowest BCUT2D eigenvalue weighted by Gasteiger charge is -2.32. The number of aliphatic hydroxyl groups is 1. The van der Waals surface area contributed by atoms with Crippen molar-refractivity contribution in [2.24, 2.45) is 11.8 Å². The molecule has 0 unspecified atom stereocenters. The van der Waals surface area contributed by atoms with E-state index in [1.165, 1.54) is 0 Å². The summed E-state index contributed by atoms with van der Waals surface area (Å²) in [6.07, 6.45) is 6.10. The summed E-state index contributed by atoms with van der Waals surface area (Å²) in [5, 5.41) is 12.2. The standard InChI is InChI=1S/C19H28N2O4S/c1-26-12-16-4-5-17(25-16)18(23)20-15-3-2-14(10-15)19(24)21-8-6-13(11-22)7-9-21/h4-5,13-15,22H,2-3,6-12H2,1H3,(H,20,23)/t14-,15+/m0/s1. The molecule has 144 valence electrons. The highest BCUT2D eigenvalue weighted by atomic mass is 32.2. The van der Waals surface area contributed by atoms with Gasteiger partial charge in [0.1, 0.15) is 5.76 Å². The molecular weight excluding hydrogens is 352 g/mol. The molecule has 0 spiro atoms. The Kier molecular flexibility index (Phi) is 6.64. The van der Waals surface area contributed by atoms with Crippen molar-refractivity contribution in [3.8, 4) is 0 Å². The van der Waals surface area contributed by atoms with Crippen LogP contribution in [0.5, 0.6) is 0 Å². The zero-order valence-corrected chi connectivity index (χ0v) is 16.1. The Morgan fingerprint density at radius 2 is 2.04 bits per heavy atom. The van der Waals surface area contributed by atoms with Gasteiger partial charge in [0.2, 0.25) is 5.91 Å². The van der Waals surface area contributed by atoms with E-state index in [0.29, 0.717) is 18.1 Å². The minimum atomic E-state index is -0.195. The minimum Gasteiger partial charge on any atom is -0.455 e. The van der Waals surface area contributed by atoms with E-state index in [0.717, 1.165) is 50.3 Å². The normalized spacial score (nSPS) is 24.0. The molecule has 2 atom stereocenters. The van der Waals surface area contributed by atoms with Crippen molar-refractivity contribution in [2.75, 3.05) is 26.0 Å². The fourth-order valence-electron chi connectivity index (χ4n) is 3.91. The predicted molar refractivity (Wildman–Crippen MR) is 101 cm³/mol. The molecule has 1 saturated carbocycles. The van der Waals surface area contributed by atoms with Gasteiger partial charge in [0.25, 0.3) is 5.91 Å². The number of hydrogen-bond acceptors (Lipinski definition) is 5. The zero-order chi connectivity index (χ0) is 18.5. The third-order valence-electron chi connectivity index (χ3n) is 5.47. The van der Waals surface area contributed by atoms with E-state index < -0.39 is 0 Å². The summed E-state index contributed by atoms with van der Waals surface area (Å²) in [5.41, 5.74) is 0. The summed E-state index contributed by atoms with van der Waals surface area (Å²) in [7, 11) is 0. The first-order valence-electron chi connectivity index (χ1n) is 9.39. The van der Waals surface area contributed by atoms with Crippen LogP contribution in [0.15, 0.2) is 16.5 Å². The molecule has 1 saturated heterocycles. The molecule has 1 aromatic heterocycles. The Labute approximate surface area is 158 Å². The largest absolute Gasteiger partial charge is 0.455 e. The van der Waals surface area contributed by atoms with Crippen LogP contribution in [0.1, 0.15) is 48.4 Å². The van der Waals surface area contributed by atoms with Gasteiger partial charge >= 0.3 is 0 Å². The van der Waals surface area contributed by atoms with E-state index in [1.807, 2.05) is 17.2 Å². The Morgan fingerprint density at radius 3 is 2.73 bits per heavy atom. The van der Waals surface area contributed by atoms with E-state index in [-0.39, 0.29) is 30.4 Å². The quantitative estimate of drug-likeness (QED) is 0.791. The maximum Gasteiger partial charge on any atom is 0.287 e. The van der Waals surface area contributed by atoms with Gasteiger partial charge in [-0.2, -0.15) is 11.8 Å². The lowest BCUT2D eigenvalue weighted by atomic mass is 9.96. The second kappa shape index (κ2) is 8.95. The van der Waals surface area contributed by atoms with Crippen LogP contribution < -0.4 is 5.32 Å². The number of carbonyl (C=O) groups is 2. The van der Waals surface area contributed by atoms with E-state index in [1.54, 1.807) is 17.8 Å². The summed E-state index contributed by atoms with van der Waals surface area (Å²) >= 11 is 1.65. The Balaban J connectivity index is 1.47. The number of nitrogens with one attached hydrogen (secondary N) is 1. The van der Waals surface area contributed by atoms with E-state index in [4.69, 9.17) is 4.42 Å². The summed E-state index contributed by atoms with van der Waals surface area (Å²) in [6.45, 7) is 1.69. The number of aliphatic hydroxyl groups excluding tert-OH is 1. The Bertz CT molecular complexity index is 625. The molecule has 1 aromatic rings. The van der Waals surface area contributed by atoms with Crippen molar-refractivity contribution in [3.63, 3.8) is 0 Å². The van der Waals surface area contributed by atoms with Gasteiger partial charge in [-0.05, 0) is 56.4 Å². The fraction of sp³-hybridized carbons (Fsp3) is 0.684. The first-order valence-corrected chi connectivity index (χ1v) is 10.8. The first kappa shape index (κ1) is 19.3. The minimum absolute atomic E-state index is 0.00497. The van der Waals surface area contributed by atoms with Gasteiger partial charge in [0.15, 0.2) is 5.76 Å². The number of nitrogens with zero attached hydrogens (tertiary/aromatic N) is 1. The average Bonchev–Trinajstić information content (AvgIpc) is 3.31. The molecule has 0 radical (unpaired) electrons. The topological polar surface area (TPSA) is 82.8 Å². The molecule has 2 fully saturated rings. The average molecular weight is 381 g/mol. The Morgan fingerprint density at radius 1 is 1.27 bits per heavy atom. The maximum absolute atomic E-state index is 12.7. The summed E-state index contributed by atoms with van der Waals surface area (Å²) < 4.78 is 5.56. The van der Waals surface area contributed by atoms with Crippen molar-refractivity contribution in [2.45, 2.75) is 43.9 Å². The van der Waals surface area contributed by atoms with E-state index >= 15 is 0 Å². The van der Waals surface area contributed by atoms with Crippen molar-refractivity contribution >= 4 is 23.6 Å². The second-order valence-corrected chi connectivity index (χ2v) is 8.20. The zero-order valence-electron chi connectivity index (χ0n) is 15.3.